The second kappa shape index (κ2) is 7.91. The molecular formula is C21H30N2O5S2. The molecule has 4 saturated carbocycles. The predicted octanol–water partition coefficient (Wildman–Crippen LogP) is 1.85. The normalized spacial score (nSPS) is 31.4. The van der Waals surface area contributed by atoms with Crippen LogP contribution in [0.1, 0.15) is 44.9 Å². The summed E-state index contributed by atoms with van der Waals surface area (Å²) in [5.41, 5.74) is -0.270. The van der Waals surface area contributed by atoms with E-state index < -0.39 is 31.8 Å². The molecule has 166 valence electrons. The largest absolute Gasteiger partial charge is 0.349 e. The smallest absolute Gasteiger partial charge is 0.241 e. The van der Waals surface area contributed by atoms with Gasteiger partial charge in [-0.2, -0.15) is 4.72 Å². The summed E-state index contributed by atoms with van der Waals surface area (Å²) in [4.78, 5) is 13.3. The van der Waals surface area contributed by atoms with Crippen LogP contribution in [-0.2, 0) is 24.7 Å². The fraction of sp³-hybridized carbons (Fsp3) is 0.667. The van der Waals surface area contributed by atoms with Gasteiger partial charge in [-0.25, -0.2) is 16.8 Å². The number of nitrogens with one attached hydrogen (secondary N) is 2. The Balaban J connectivity index is 1.52. The third-order valence-electron chi connectivity index (χ3n) is 6.87. The Morgan fingerprint density at radius 3 is 2.03 bits per heavy atom. The van der Waals surface area contributed by atoms with Gasteiger partial charge in [-0.3, -0.25) is 4.79 Å². The highest BCUT2D eigenvalue weighted by molar-refractivity contribution is 7.90. The predicted molar refractivity (Wildman–Crippen MR) is 114 cm³/mol. The van der Waals surface area contributed by atoms with Crippen molar-refractivity contribution in [1.29, 1.82) is 0 Å². The minimum atomic E-state index is -3.94. The number of hydrogen-bond donors (Lipinski definition) is 2. The summed E-state index contributed by atoms with van der Waals surface area (Å²) in [6.45, 7) is 0. The first kappa shape index (κ1) is 21.8. The third-order valence-corrected chi connectivity index (χ3v) is 9.34. The average Bonchev–Trinajstić information content (AvgIpc) is 2.63. The van der Waals surface area contributed by atoms with Crippen LogP contribution in [0, 0.1) is 17.8 Å². The lowest BCUT2D eigenvalue weighted by Gasteiger charge is -2.57. The number of carbonyl (C=O) groups is 1. The van der Waals surface area contributed by atoms with Gasteiger partial charge in [0, 0.05) is 11.8 Å². The van der Waals surface area contributed by atoms with Gasteiger partial charge in [-0.05, 0) is 74.8 Å². The van der Waals surface area contributed by atoms with E-state index in [1.807, 2.05) is 0 Å². The molecule has 1 aromatic carbocycles. The molecule has 1 amide bonds. The number of rotatable bonds is 8. The molecule has 0 aromatic heterocycles. The number of sulfone groups is 1. The van der Waals surface area contributed by atoms with Gasteiger partial charge in [0.25, 0.3) is 0 Å². The zero-order valence-electron chi connectivity index (χ0n) is 17.2. The van der Waals surface area contributed by atoms with Crippen LogP contribution in [-0.4, -0.2) is 46.3 Å². The van der Waals surface area contributed by atoms with Crippen molar-refractivity contribution in [3.8, 4) is 0 Å². The zero-order valence-corrected chi connectivity index (χ0v) is 18.8. The first-order valence-corrected chi connectivity index (χ1v) is 14.2. The number of hydrogen-bond acceptors (Lipinski definition) is 5. The first-order chi connectivity index (χ1) is 14.0. The van der Waals surface area contributed by atoms with Crippen molar-refractivity contribution >= 4 is 25.8 Å². The van der Waals surface area contributed by atoms with Crippen molar-refractivity contribution in [3.05, 3.63) is 30.3 Å². The van der Waals surface area contributed by atoms with E-state index in [4.69, 9.17) is 0 Å². The Morgan fingerprint density at radius 1 is 1.00 bits per heavy atom. The lowest BCUT2D eigenvalue weighted by atomic mass is 9.53. The van der Waals surface area contributed by atoms with Gasteiger partial charge in [0.1, 0.15) is 15.9 Å². The average molecular weight is 455 g/mol. The zero-order chi connectivity index (χ0) is 21.6. The molecule has 30 heavy (non-hydrogen) atoms. The maximum absolute atomic E-state index is 13.2. The molecule has 7 nitrogen and oxygen atoms in total. The summed E-state index contributed by atoms with van der Waals surface area (Å²) in [6, 6.07) is 6.70. The number of amides is 1. The third kappa shape index (κ3) is 4.89. The molecule has 0 aliphatic heterocycles. The summed E-state index contributed by atoms with van der Waals surface area (Å²) in [5, 5.41) is 3.17. The molecule has 4 fully saturated rings. The summed E-state index contributed by atoms with van der Waals surface area (Å²) < 4.78 is 51.4. The molecular weight excluding hydrogens is 424 g/mol. The fourth-order valence-corrected chi connectivity index (χ4v) is 7.96. The summed E-state index contributed by atoms with van der Waals surface area (Å²) in [6.07, 6.45) is 7.50. The molecule has 0 radical (unpaired) electrons. The van der Waals surface area contributed by atoms with Gasteiger partial charge in [0.2, 0.25) is 15.9 Å². The lowest BCUT2D eigenvalue weighted by Crippen LogP contribution is -2.62. The number of benzene rings is 1. The van der Waals surface area contributed by atoms with Gasteiger partial charge in [-0.15, -0.1) is 0 Å². The standard InChI is InChI=1S/C21H30N2O5S2/c1-29(25,26)8-7-19(23-30(27,28)18-5-3-2-4-6-18)20(24)22-21-12-15-9-16(13-21)11-17(10-15)14-21/h2-6,15-17,19,23H,7-14H2,1H3,(H,22,24)/t15?,16?,17?,19-,21?/m1/s1. The van der Waals surface area contributed by atoms with Crippen molar-refractivity contribution in [2.24, 2.45) is 17.8 Å². The highest BCUT2D eigenvalue weighted by Crippen LogP contribution is 2.55. The highest BCUT2D eigenvalue weighted by Gasteiger charge is 2.52. The molecule has 0 saturated heterocycles. The summed E-state index contributed by atoms with van der Waals surface area (Å²) >= 11 is 0. The Kier molecular flexibility index (Phi) is 5.74. The Hall–Kier alpha value is -1.45. The topological polar surface area (TPSA) is 109 Å². The van der Waals surface area contributed by atoms with E-state index in [-0.39, 0.29) is 22.6 Å². The second-order valence-corrected chi connectivity index (χ2v) is 13.6. The molecule has 1 atom stereocenters. The van der Waals surface area contributed by atoms with Gasteiger partial charge in [0.05, 0.1) is 10.6 Å². The Bertz CT molecular complexity index is 970. The second-order valence-electron chi connectivity index (χ2n) is 9.59. The molecule has 4 aliphatic rings. The number of carbonyl (C=O) groups excluding carboxylic acids is 1. The molecule has 1 aromatic rings. The van der Waals surface area contributed by atoms with Crippen LogP contribution in [0.2, 0.25) is 0 Å². The molecule has 0 unspecified atom stereocenters. The molecule has 4 aliphatic carbocycles. The van der Waals surface area contributed by atoms with Gasteiger partial charge >= 0.3 is 0 Å². The minimum absolute atomic E-state index is 0.0527. The van der Waals surface area contributed by atoms with Crippen LogP contribution in [0.25, 0.3) is 0 Å². The van der Waals surface area contributed by atoms with E-state index in [9.17, 15) is 21.6 Å². The summed E-state index contributed by atoms with van der Waals surface area (Å²) in [5.74, 6) is 1.22. The molecule has 0 heterocycles. The van der Waals surface area contributed by atoms with Crippen LogP contribution < -0.4 is 10.0 Å². The van der Waals surface area contributed by atoms with Crippen molar-refractivity contribution in [2.75, 3.05) is 12.0 Å². The monoisotopic (exact) mass is 454 g/mol. The van der Waals surface area contributed by atoms with Crippen LogP contribution in [0.4, 0.5) is 0 Å². The molecule has 9 heteroatoms. The van der Waals surface area contributed by atoms with E-state index in [1.54, 1.807) is 18.2 Å². The van der Waals surface area contributed by atoms with Gasteiger partial charge in [0.15, 0.2) is 0 Å². The SMILES string of the molecule is CS(=O)(=O)CC[C@@H](NS(=O)(=O)c1ccccc1)C(=O)NC12CC3CC(CC(C3)C1)C2. The fourth-order valence-electron chi connectivity index (χ4n) is 6.04. The quantitative estimate of drug-likeness (QED) is 0.623. The van der Waals surface area contributed by atoms with E-state index in [2.05, 4.69) is 10.0 Å². The van der Waals surface area contributed by atoms with Crippen LogP contribution in [0.3, 0.4) is 0 Å². The van der Waals surface area contributed by atoms with E-state index in [1.165, 1.54) is 31.4 Å². The van der Waals surface area contributed by atoms with E-state index in [0.29, 0.717) is 17.8 Å². The highest BCUT2D eigenvalue weighted by atomic mass is 32.2. The van der Waals surface area contributed by atoms with Gasteiger partial charge in [-0.1, -0.05) is 18.2 Å². The Labute approximate surface area is 179 Å². The van der Waals surface area contributed by atoms with Crippen molar-refractivity contribution in [3.63, 3.8) is 0 Å². The van der Waals surface area contributed by atoms with E-state index >= 15 is 0 Å². The van der Waals surface area contributed by atoms with Crippen LogP contribution in [0.5, 0.6) is 0 Å². The first-order valence-electron chi connectivity index (χ1n) is 10.6. The molecule has 4 bridgehead atoms. The summed E-state index contributed by atoms with van der Waals surface area (Å²) in [7, 11) is -7.28. The van der Waals surface area contributed by atoms with Crippen LogP contribution >= 0.6 is 0 Å². The van der Waals surface area contributed by atoms with Crippen molar-refractivity contribution < 1.29 is 21.6 Å². The maximum atomic E-state index is 13.2. The molecule has 2 N–H and O–H groups in total. The van der Waals surface area contributed by atoms with E-state index in [0.717, 1.165) is 25.5 Å². The molecule has 0 spiro atoms. The molecule has 5 rings (SSSR count). The minimum Gasteiger partial charge on any atom is -0.349 e. The van der Waals surface area contributed by atoms with Crippen molar-refractivity contribution in [1.82, 2.24) is 10.0 Å². The Morgan fingerprint density at radius 2 is 1.53 bits per heavy atom. The lowest BCUT2D eigenvalue weighted by molar-refractivity contribution is -0.128. The van der Waals surface area contributed by atoms with Crippen LogP contribution in [0.15, 0.2) is 35.2 Å². The van der Waals surface area contributed by atoms with Crippen molar-refractivity contribution in [2.45, 2.75) is 61.4 Å². The van der Waals surface area contributed by atoms with Gasteiger partial charge < -0.3 is 5.32 Å². The maximum Gasteiger partial charge on any atom is 0.241 e. The number of sulfonamides is 1.